The van der Waals surface area contributed by atoms with E-state index in [1.165, 1.54) is 6.07 Å². The van der Waals surface area contributed by atoms with Gasteiger partial charge in [0.1, 0.15) is 6.61 Å². The van der Waals surface area contributed by atoms with Crippen LogP contribution < -0.4 is 14.8 Å². The van der Waals surface area contributed by atoms with Crippen molar-refractivity contribution >= 4 is 16.9 Å². The standard InChI is InChI=1S/C23H28F2N4O3/c1-4-29(5-2)10-11-32-19-9-6-15(12-20(19)31-3)14-26-23(30)16-7-8-17-18(13-16)28-22(27-17)21(24)25/h6-9,12-13,21H,4-5,10-11,14H2,1-3H3,(H,26,30)(H,27,28). The fraction of sp³-hybridized carbons (Fsp3) is 0.391. The van der Waals surface area contributed by atoms with Gasteiger partial charge in [0.25, 0.3) is 12.3 Å². The Labute approximate surface area is 185 Å². The van der Waals surface area contributed by atoms with Crippen molar-refractivity contribution in [2.75, 3.05) is 33.4 Å². The van der Waals surface area contributed by atoms with Crippen LogP contribution in [0.25, 0.3) is 11.0 Å². The van der Waals surface area contributed by atoms with Crippen LogP contribution in [0.4, 0.5) is 8.78 Å². The van der Waals surface area contributed by atoms with Crippen LogP contribution in [0.3, 0.4) is 0 Å². The van der Waals surface area contributed by atoms with Crippen LogP contribution in [0, 0.1) is 0 Å². The van der Waals surface area contributed by atoms with E-state index in [2.05, 4.69) is 34.0 Å². The SMILES string of the molecule is CCN(CC)CCOc1ccc(CNC(=O)c2ccc3nc(C(F)F)[nH]c3c2)cc1OC. The van der Waals surface area contributed by atoms with Gasteiger partial charge in [-0.25, -0.2) is 13.8 Å². The molecule has 0 saturated carbocycles. The number of aromatic nitrogens is 2. The fourth-order valence-electron chi connectivity index (χ4n) is 3.32. The lowest BCUT2D eigenvalue weighted by atomic mass is 10.1. The number of imidazole rings is 1. The Morgan fingerprint density at radius 2 is 1.94 bits per heavy atom. The highest BCUT2D eigenvalue weighted by atomic mass is 19.3. The Balaban J connectivity index is 1.61. The first kappa shape index (κ1) is 23.5. The normalized spacial score (nSPS) is 11.3. The highest BCUT2D eigenvalue weighted by molar-refractivity contribution is 5.97. The molecule has 3 rings (SSSR count). The van der Waals surface area contributed by atoms with E-state index < -0.39 is 12.2 Å². The molecule has 3 aromatic rings. The number of hydrogen-bond acceptors (Lipinski definition) is 5. The summed E-state index contributed by atoms with van der Waals surface area (Å²) in [5, 5.41) is 2.83. The molecule has 32 heavy (non-hydrogen) atoms. The van der Waals surface area contributed by atoms with E-state index in [0.29, 0.717) is 34.7 Å². The second kappa shape index (κ2) is 10.9. The molecule has 0 aliphatic heterocycles. The van der Waals surface area contributed by atoms with Crippen molar-refractivity contribution in [2.45, 2.75) is 26.8 Å². The molecule has 2 N–H and O–H groups in total. The van der Waals surface area contributed by atoms with E-state index in [1.807, 2.05) is 18.2 Å². The number of nitrogens with one attached hydrogen (secondary N) is 2. The Kier molecular flexibility index (Phi) is 7.99. The van der Waals surface area contributed by atoms with Crippen LogP contribution in [0.15, 0.2) is 36.4 Å². The molecule has 1 amide bonds. The van der Waals surface area contributed by atoms with Crippen molar-refractivity contribution < 1.29 is 23.0 Å². The zero-order valence-corrected chi connectivity index (χ0v) is 18.5. The quantitative estimate of drug-likeness (QED) is 0.462. The highest BCUT2D eigenvalue weighted by Gasteiger charge is 2.14. The number of ether oxygens (including phenoxy) is 2. The average Bonchev–Trinajstić information content (AvgIpc) is 3.24. The molecule has 9 heteroatoms. The molecular formula is C23H28F2N4O3. The van der Waals surface area contributed by atoms with Crippen molar-refractivity contribution in [3.63, 3.8) is 0 Å². The lowest BCUT2D eigenvalue weighted by Gasteiger charge is -2.19. The molecule has 172 valence electrons. The fourth-order valence-corrected chi connectivity index (χ4v) is 3.32. The monoisotopic (exact) mass is 446 g/mol. The minimum Gasteiger partial charge on any atom is -0.493 e. The number of methoxy groups -OCH3 is 1. The number of hydrogen-bond donors (Lipinski definition) is 2. The van der Waals surface area contributed by atoms with Crippen molar-refractivity contribution in [3.8, 4) is 11.5 Å². The average molecular weight is 446 g/mol. The number of amides is 1. The van der Waals surface area contributed by atoms with Gasteiger partial charge >= 0.3 is 0 Å². The first-order chi connectivity index (χ1) is 15.4. The molecular weight excluding hydrogens is 418 g/mol. The molecule has 7 nitrogen and oxygen atoms in total. The Hall–Kier alpha value is -3.20. The lowest BCUT2D eigenvalue weighted by Crippen LogP contribution is -2.28. The van der Waals surface area contributed by atoms with Gasteiger partial charge in [-0.15, -0.1) is 0 Å². The third kappa shape index (κ3) is 5.73. The van der Waals surface area contributed by atoms with E-state index in [0.717, 1.165) is 25.2 Å². The molecule has 1 heterocycles. The number of nitrogens with zero attached hydrogens (tertiary/aromatic N) is 2. The van der Waals surface area contributed by atoms with Gasteiger partial charge in [0.15, 0.2) is 17.3 Å². The summed E-state index contributed by atoms with van der Waals surface area (Å²) in [7, 11) is 1.57. The third-order valence-electron chi connectivity index (χ3n) is 5.21. The van der Waals surface area contributed by atoms with E-state index in [9.17, 15) is 13.6 Å². The number of carbonyl (C=O) groups excluding carboxylic acids is 1. The van der Waals surface area contributed by atoms with Gasteiger partial charge in [0.2, 0.25) is 0 Å². The minimum atomic E-state index is -2.70. The molecule has 0 saturated heterocycles. The molecule has 0 bridgehead atoms. The van der Waals surface area contributed by atoms with Crippen molar-refractivity contribution in [1.82, 2.24) is 20.2 Å². The maximum Gasteiger partial charge on any atom is 0.295 e. The smallest absolute Gasteiger partial charge is 0.295 e. The zero-order chi connectivity index (χ0) is 23.1. The van der Waals surface area contributed by atoms with Gasteiger partial charge in [-0.1, -0.05) is 19.9 Å². The van der Waals surface area contributed by atoms with Crippen LogP contribution in [-0.4, -0.2) is 54.1 Å². The number of alkyl halides is 2. The molecule has 0 radical (unpaired) electrons. The third-order valence-corrected chi connectivity index (χ3v) is 5.21. The second-order valence-corrected chi connectivity index (χ2v) is 7.20. The van der Waals surface area contributed by atoms with E-state index in [4.69, 9.17) is 9.47 Å². The van der Waals surface area contributed by atoms with Crippen LogP contribution in [0.2, 0.25) is 0 Å². The minimum absolute atomic E-state index is 0.276. The zero-order valence-electron chi connectivity index (χ0n) is 18.5. The summed E-state index contributed by atoms with van der Waals surface area (Å²) >= 11 is 0. The van der Waals surface area contributed by atoms with Crippen LogP contribution in [0.1, 0.15) is 42.0 Å². The van der Waals surface area contributed by atoms with Crippen molar-refractivity contribution in [1.29, 1.82) is 0 Å². The summed E-state index contributed by atoms with van der Waals surface area (Å²) in [6.45, 7) is 7.82. The number of benzene rings is 2. The van der Waals surface area contributed by atoms with Gasteiger partial charge in [0, 0.05) is 18.7 Å². The molecule has 0 aliphatic carbocycles. The number of likely N-dealkylation sites (N-methyl/N-ethyl adjacent to an activating group) is 1. The molecule has 0 unspecified atom stereocenters. The lowest BCUT2D eigenvalue weighted by molar-refractivity contribution is 0.0951. The number of halogens is 2. The first-order valence-electron chi connectivity index (χ1n) is 10.5. The van der Waals surface area contributed by atoms with E-state index in [-0.39, 0.29) is 12.5 Å². The van der Waals surface area contributed by atoms with Gasteiger partial charge in [0.05, 0.1) is 18.1 Å². The van der Waals surface area contributed by atoms with Gasteiger partial charge in [-0.2, -0.15) is 0 Å². The Bertz CT molecular complexity index is 1050. The molecule has 0 atom stereocenters. The summed E-state index contributed by atoms with van der Waals surface area (Å²) in [5.74, 6) is 0.506. The maximum absolute atomic E-state index is 12.8. The van der Waals surface area contributed by atoms with Gasteiger partial charge in [-0.05, 0) is 49.0 Å². The van der Waals surface area contributed by atoms with Crippen LogP contribution in [0.5, 0.6) is 11.5 Å². The maximum atomic E-state index is 12.8. The second-order valence-electron chi connectivity index (χ2n) is 7.20. The molecule has 0 spiro atoms. The summed E-state index contributed by atoms with van der Waals surface area (Å²) in [4.78, 5) is 21.2. The summed E-state index contributed by atoms with van der Waals surface area (Å²) < 4.78 is 36.9. The molecule has 2 aromatic carbocycles. The van der Waals surface area contributed by atoms with Crippen LogP contribution >= 0.6 is 0 Å². The summed E-state index contributed by atoms with van der Waals surface area (Å²) in [6, 6.07) is 10.1. The predicted octanol–water partition coefficient (Wildman–Crippen LogP) is 4.16. The van der Waals surface area contributed by atoms with E-state index in [1.54, 1.807) is 19.2 Å². The predicted molar refractivity (Wildman–Crippen MR) is 118 cm³/mol. The summed E-state index contributed by atoms with van der Waals surface area (Å²) in [6.07, 6.45) is -2.70. The highest BCUT2D eigenvalue weighted by Crippen LogP contribution is 2.28. The first-order valence-corrected chi connectivity index (χ1v) is 10.5. The molecule has 1 aromatic heterocycles. The number of carbonyl (C=O) groups is 1. The van der Waals surface area contributed by atoms with Gasteiger partial charge < -0.3 is 24.7 Å². The topological polar surface area (TPSA) is 79.5 Å². The van der Waals surface area contributed by atoms with Crippen LogP contribution in [-0.2, 0) is 6.54 Å². The summed E-state index contributed by atoms with van der Waals surface area (Å²) in [5.41, 5.74) is 1.97. The molecule has 0 aliphatic rings. The molecule has 0 fully saturated rings. The Morgan fingerprint density at radius 3 is 2.62 bits per heavy atom. The van der Waals surface area contributed by atoms with Crippen molar-refractivity contribution in [3.05, 3.63) is 53.3 Å². The number of aromatic amines is 1. The number of rotatable bonds is 11. The van der Waals surface area contributed by atoms with Crippen molar-refractivity contribution in [2.24, 2.45) is 0 Å². The van der Waals surface area contributed by atoms with Gasteiger partial charge in [-0.3, -0.25) is 4.79 Å². The Morgan fingerprint density at radius 1 is 1.16 bits per heavy atom. The number of fused-ring (bicyclic) bond motifs is 1. The largest absolute Gasteiger partial charge is 0.493 e. The number of H-pyrrole nitrogens is 1. The van der Waals surface area contributed by atoms with E-state index >= 15 is 0 Å².